The summed E-state index contributed by atoms with van der Waals surface area (Å²) in [5.41, 5.74) is 0.936. The quantitative estimate of drug-likeness (QED) is 0.646. The monoisotopic (exact) mass is 470 g/mol. The van der Waals surface area contributed by atoms with Crippen LogP contribution in [0.3, 0.4) is 0 Å². The van der Waals surface area contributed by atoms with E-state index in [0.717, 1.165) is 18.7 Å². The average Bonchev–Trinajstić information content (AvgIpc) is 3.40. The number of hydrogen-bond donors (Lipinski definition) is 1. The fourth-order valence-electron chi connectivity index (χ4n) is 4.37. The van der Waals surface area contributed by atoms with Crippen molar-refractivity contribution in [2.24, 2.45) is 0 Å². The van der Waals surface area contributed by atoms with E-state index < -0.39 is 17.8 Å². The number of nitrogens with one attached hydrogen (secondary N) is 1. The Balaban J connectivity index is 1.31. The fourth-order valence-corrected chi connectivity index (χ4v) is 4.37. The van der Waals surface area contributed by atoms with Gasteiger partial charge in [-0.05, 0) is 32.4 Å². The molecule has 180 valence electrons. The van der Waals surface area contributed by atoms with Gasteiger partial charge in [-0.3, -0.25) is 10.2 Å². The van der Waals surface area contributed by atoms with Gasteiger partial charge >= 0.3 is 12.0 Å². The Labute approximate surface area is 196 Å². The van der Waals surface area contributed by atoms with Gasteiger partial charge in [0.15, 0.2) is 17.3 Å². The molecule has 2 atom stereocenters. The maximum atomic E-state index is 13.3. The van der Waals surface area contributed by atoms with Crippen molar-refractivity contribution in [3.63, 3.8) is 0 Å². The number of urea groups is 1. The third kappa shape index (κ3) is 4.33. The number of nitrogens with zero attached hydrogens (tertiary/aromatic N) is 5. The lowest BCUT2D eigenvalue weighted by molar-refractivity contribution is -0.141. The summed E-state index contributed by atoms with van der Waals surface area (Å²) in [6.07, 6.45) is 1.89. The zero-order valence-electron chi connectivity index (χ0n) is 19.2. The highest BCUT2D eigenvalue weighted by Gasteiger charge is 2.41. The summed E-state index contributed by atoms with van der Waals surface area (Å²) in [4.78, 5) is 41.8. The number of carbonyl (C=O) groups is 2. The van der Waals surface area contributed by atoms with E-state index >= 15 is 0 Å². The molecule has 3 aliphatic rings. The Morgan fingerprint density at radius 3 is 2.91 bits per heavy atom. The zero-order valence-corrected chi connectivity index (χ0v) is 19.2. The molecule has 12 nitrogen and oxygen atoms in total. The second-order valence-electron chi connectivity index (χ2n) is 8.72. The lowest BCUT2D eigenvalue weighted by Crippen LogP contribution is -2.48. The van der Waals surface area contributed by atoms with Gasteiger partial charge in [0, 0.05) is 19.2 Å². The maximum Gasteiger partial charge on any atom is 0.356 e. The van der Waals surface area contributed by atoms with Crippen molar-refractivity contribution in [1.82, 2.24) is 15.0 Å². The molecule has 12 heteroatoms. The summed E-state index contributed by atoms with van der Waals surface area (Å²) in [5.74, 6) is -0.198. The van der Waals surface area contributed by atoms with Crippen LogP contribution in [0, 0.1) is 0 Å². The SMILES string of the molecule is COC(=O)c1ccc2c(n1)N(C(=O)Nc1cc(OC[C@@H]3COC(C)(C)O3)ncn1)C1CCN2C1. The molecule has 2 amide bonds. The van der Waals surface area contributed by atoms with Crippen molar-refractivity contribution in [3.8, 4) is 5.88 Å². The van der Waals surface area contributed by atoms with Crippen molar-refractivity contribution in [1.29, 1.82) is 0 Å². The van der Waals surface area contributed by atoms with Crippen LogP contribution >= 0.6 is 0 Å². The van der Waals surface area contributed by atoms with E-state index in [1.165, 1.54) is 13.4 Å². The number of carbonyl (C=O) groups excluding carboxylic acids is 2. The van der Waals surface area contributed by atoms with Crippen molar-refractivity contribution in [2.75, 3.05) is 48.5 Å². The second-order valence-corrected chi connectivity index (χ2v) is 8.72. The molecule has 2 bridgehead atoms. The molecule has 0 aromatic carbocycles. The molecule has 1 unspecified atom stereocenters. The van der Waals surface area contributed by atoms with Crippen LogP contribution in [-0.4, -0.2) is 78.3 Å². The Morgan fingerprint density at radius 2 is 2.15 bits per heavy atom. The lowest BCUT2D eigenvalue weighted by Gasteiger charge is -2.35. The molecular formula is C22H26N6O6. The molecule has 5 rings (SSSR count). The summed E-state index contributed by atoms with van der Waals surface area (Å²) in [6.45, 7) is 5.86. The minimum absolute atomic E-state index is 0.0756. The zero-order chi connectivity index (χ0) is 23.9. The van der Waals surface area contributed by atoms with E-state index in [4.69, 9.17) is 18.9 Å². The maximum absolute atomic E-state index is 13.3. The molecule has 2 fully saturated rings. The summed E-state index contributed by atoms with van der Waals surface area (Å²) in [6, 6.07) is 4.47. The van der Waals surface area contributed by atoms with E-state index in [9.17, 15) is 9.59 Å². The third-order valence-electron chi connectivity index (χ3n) is 5.93. The summed E-state index contributed by atoms with van der Waals surface area (Å²) in [7, 11) is 1.29. The number of fused-ring (bicyclic) bond motifs is 4. The summed E-state index contributed by atoms with van der Waals surface area (Å²) >= 11 is 0. The molecule has 0 saturated carbocycles. The van der Waals surface area contributed by atoms with E-state index in [0.29, 0.717) is 24.8 Å². The Morgan fingerprint density at radius 1 is 1.29 bits per heavy atom. The number of anilines is 3. The summed E-state index contributed by atoms with van der Waals surface area (Å²) < 4.78 is 21.8. The van der Waals surface area contributed by atoms with Crippen LogP contribution in [0.5, 0.6) is 5.88 Å². The van der Waals surface area contributed by atoms with E-state index in [1.807, 2.05) is 13.8 Å². The number of amides is 2. The van der Waals surface area contributed by atoms with Gasteiger partial charge in [0.05, 0.1) is 25.4 Å². The van der Waals surface area contributed by atoms with Crippen molar-refractivity contribution in [2.45, 2.75) is 38.2 Å². The Kier molecular flexibility index (Phi) is 5.70. The van der Waals surface area contributed by atoms with Gasteiger partial charge < -0.3 is 23.8 Å². The van der Waals surface area contributed by atoms with E-state index in [2.05, 4.69) is 25.2 Å². The normalized spacial score (nSPS) is 22.3. The van der Waals surface area contributed by atoms with Crippen LogP contribution in [-0.2, 0) is 14.2 Å². The predicted molar refractivity (Wildman–Crippen MR) is 120 cm³/mol. The first-order valence-electron chi connectivity index (χ1n) is 11.0. The molecular weight excluding hydrogens is 444 g/mol. The fraction of sp³-hybridized carbons (Fsp3) is 0.500. The Bertz CT molecular complexity index is 1110. The summed E-state index contributed by atoms with van der Waals surface area (Å²) in [5, 5.41) is 2.80. The van der Waals surface area contributed by atoms with Crippen LogP contribution in [0.15, 0.2) is 24.5 Å². The van der Waals surface area contributed by atoms with Crippen molar-refractivity contribution >= 4 is 29.3 Å². The molecule has 2 aromatic rings. The predicted octanol–water partition coefficient (Wildman–Crippen LogP) is 1.82. The number of ether oxygens (including phenoxy) is 4. The lowest BCUT2D eigenvalue weighted by atomic mass is 10.2. The number of hydrogen-bond acceptors (Lipinski definition) is 10. The molecule has 3 aliphatic heterocycles. The smallest absolute Gasteiger partial charge is 0.356 e. The molecule has 0 aliphatic carbocycles. The van der Waals surface area contributed by atoms with Crippen LogP contribution in [0.25, 0.3) is 0 Å². The molecule has 34 heavy (non-hydrogen) atoms. The molecule has 1 N–H and O–H groups in total. The minimum Gasteiger partial charge on any atom is -0.475 e. The number of aromatic nitrogens is 3. The van der Waals surface area contributed by atoms with Gasteiger partial charge in [-0.15, -0.1) is 0 Å². The number of rotatable bonds is 5. The van der Waals surface area contributed by atoms with E-state index in [-0.39, 0.29) is 30.3 Å². The second kappa shape index (κ2) is 8.69. The highest BCUT2D eigenvalue weighted by atomic mass is 16.7. The first kappa shape index (κ1) is 22.3. The molecule has 0 radical (unpaired) electrons. The first-order valence-corrected chi connectivity index (χ1v) is 11.0. The van der Waals surface area contributed by atoms with Gasteiger partial charge in [0.25, 0.3) is 0 Å². The minimum atomic E-state index is -0.638. The van der Waals surface area contributed by atoms with Gasteiger partial charge in [0.2, 0.25) is 5.88 Å². The third-order valence-corrected chi connectivity index (χ3v) is 5.93. The van der Waals surface area contributed by atoms with Crippen LogP contribution in [0.4, 0.5) is 22.1 Å². The number of esters is 1. The number of pyridine rings is 1. The average molecular weight is 470 g/mol. The largest absolute Gasteiger partial charge is 0.475 e. The highest BCUT2D eigenvalue weighted by molar-refractivity contribution is 6.04. The molecule has 5 heterocycles. The van der Waals surface area contributed by atoms with Crippen LogP contribution in [0.2, 0.25) is 0 Å². The highest BCUT2D eigenvalue weighted by Crippen LogP contribution is 2.39. The first-order chi connectivity index (χ1) is 16.3. The standard InChI is InChI=1S/C22H26N6O6/c1-22(2)33-11-14(34-22)10-32-18-8-17(23-12-24-18)26-21(30)28-13-6-7-27(9-13)16-5-4-15(20(29)31-3)25-19(16)28/h4-5,8,12-14H,6-7,9-11H2,1-3H3,(H,23,24,26,30)/t13?,14-/m1/s1. The molecule has 2 aromatic heterocycles. The topological polar surface area (TPSA) is 128 Å². The Hall–Kier alpha value is -3.51. The number of methoxy groups -OCH3 is 1. The van der Waals surface area contributed by atoms with Gasteiger partial charge in [-0.25, -0.2) is 24.5 Å². The van der Waals surface area contributed by atoms with Crippen LogP contribution < -0.4 is 19.9 Å². The molecule has 2 saturated heterocycles. The van der Waals surface area contributed by atoms with Gasteiger partial charge in [-0.1, -0.05) is 0 Å². The van der Waals surface area contributed by atoms with E-state index in [1.54, 1.807) is 23.1 Å². The van der Waals surface area contributed by atoms with Crippen molar-refractivity contribution < 1.29 is 28.5 Å². The van der Waals surface area contributed by atoms with Gasteiger partial charge in [0.1, 0.15) is 24.9 Å². The molecule has 0 spiro atoms. The van der Waals surface area contributed by atoms with Crippen LogP contribution in [0.1, 0.15) is 30.8 Å². The van der Waals surface area contributed by atoms with Crippen molar-refractivity contribution in [3.05, 3.63) is 30.2 Å². The van der Waals surface area contributed by atoms with Gasteiger partial charge in [-0.2, -0.15) is 0 Å².